The van der Waals surface area contributed by atoms with Crippen molar-refractivity contribution in [1.82, 2.24) is 0 Å². The zero-order valence-corrected chi connectivity index (χ0v) is 11.5. The van der Waals surface area contributed by atoms with Crippen molar-refractivity contribution in [1.29, 1.82) is 0 Å². The van der Waals surface area contributed by atoms with Gasteiger partial charge in [-0.15, -0.1) is 11.8 Å². The lowest BCUT2D eigenvalue weighted by Crippen LogP contribution is -2.13. The van der Waals surface area contributed by atoms with Gasteiger partial charge in [-0.2, -0.15) is 0 Å². The molecule has 0 aromatic heterocycles. The van der Waals surface area contributed by atoms with E-state index >= 15 is 0 Å². The minimum atomic E-state index is -0.412. The number of aldehydes is 1. The Kier molecular flexibility index (Phi) is 4.24. The molecule has 0 unspecified atom stereocenters. The largest absolute Gasteiger partial charge is 0.469 e. The van der Waals surface area contributed by atoms with E-state index in [1.54, 1.807) is 6.07 Å². The Hall–Kier alpha value is -1.36. The summed E-state index contributed by atoms with van der Waals surface area (Å²) in [4.78, 5) is 22.7. The molecule has 0 heterocycles. The molecule has 1 aliphatic rings. The maximum absolute atomic E-state index is 13.3. The van der Waals surface area contributed by atoms with E-state index in [4.69, 9.17) is 0 Å². The minimum Gasteiger partial charge on any atom is -0.469 e. The predicted octanol–water partition coefficient (Wildman–Crippen LogP) is 3.07. The van der Waals surface area contributed by atoms with Crippen LogP contribution in [-0.2, 0) is 9.53 Å². The first-order valence-electron chi connectivity index (χ1n) is 6.02. The van der Waals surface area contributed by atoms with Crippen LogP contribution in [0.4, 0.5) is 4.39 Å². The Balaban J connectivity index is 1.97. The third-order valence-corrected chi connectivity index (χ3v) is 4.60. The number of benzene rings is 1. The normalized spacial score (nSPS) is 15.9. The molecule has 1 fully saturated rings. The first kappa shape index (κ1) is 14.1. The van der Waals surface area contributed by atoms with Crippen LogP contribution in [0.1, 0.15) is 29.6 Å². The summed E-state index contributed by atoms with van der Waals surface area (Å²) in [5, 5.41) is 0. The summed E-state index contributed by atoms with van der Waals surface area (Å²) < 4.78 is 17.9. The zero-order chi connectivity index (χ0) is 13.9. The zero-order valence-electron chi connectivity index (χ0n) is 10.6. The van der Waals surface area contributed by atoms with Crippen molar-refractivity contribution in [2.45, 2.75) is 24.2 Å². The second-order valence-corrected chi connectivity index (χ2v) is 5.93. The molecule has 102 valence electrons. The highest BCUT2D eigenvalue weighted by Crippen LogP contribution is 2.52. The number of hydrogen-bond donors (Lipinski definition) is 0. The Morgan fingerprint density at radius 2 is 2.21 bits per heavy atom. The van der Waals surface area contributed by atoms with Gasteiger partial charge in [0, 0.05) is 16.2 Å². The summed E-state index contributed by atoms with van der Waals surface area (Å²) in [6, 6.07) is 4.28. The Morgan fingerprint density at radius 1 is 1.47 bits per heavy atom. The van der Waals surface area contributed by atoms with Gasteiger partial charge in [0.25, 0.3) is 0 Å². The van der Waals surface area contributed by atoms with Gasteiger partial charge in [0.1, 0.15) is 12.1 Å². The monoisotopic (exact) mass is 282 g/mol. The molecule has 19 heavy (non-hydrogen) atoms. The van der Waals surface area contributed by atoms with Crippen LogP contribution < -0.4 is 0 Å². The van der Waals surface area contributed by atoms with Gasteiger partial charge >= 0.3 is 5.97 Å². The molecule has 1 aromatic rings. The van der Waals surface area contributed by atoms with Crippen molar-refractivity contribution in [3.63, 3.8) is 0 Å². The average molecular weight is 282 g/mol. The SMILES string of the molecule is COC(=O)CC1(CSc2cc(F)cc(C=O)c2)CC1. The van der Waals surface area contributed by atoms with Crippen molar-refractivity contribution in [2.75, 3.05) is 12.9 Å². The van der Waals surface area contributed by atoms with E-state index < -0.39 is 5.82 Å². The Labute approximate surface area is 115 Å². The molecule has 0 aliphatic heterocycles. The van der Waals surface area contributed by atoms with E-state index in [1.807, 2.05) is 0 Å². The molecular formula is C14H15FO3S. The summed E-state index contributed by atoms with van der Waals surface area (Å²) in [7, 11) is 1.38. The van der Waals surface area contributed by atoms with Crippen molar-refractivity contribution >= 4 is 24.0 Å². The smallest absolute Gasteiger partial charge is 0.306 e. The van der Waals surface area contributed by atoms with Crippen LogP contribution in [0.5, 0.6) is 0 Å². The van der Waals surface area contributed by atoms with Crippen LogP contribution in [-0.4, -0.2) is 25.1 Å². The number of rotatable bonds is 6. The maximum atomic E-state index is 13.3. The number of thioether (sulfide) groups is 1. The number of hydrogen-bond acceptors (Lipinski definition) is 4. The van der Waals surface area contributed by atoms with Gasteiger partial charge in [0.05, 0.1) is 13.5 Å². The van der Waals surface area contributed by atoms with E-state index in [2.05, 4.69) is 4.74 Å². The lowest BCUT2D eigenvalue weighted by molar-refractivity contribution is -0.141. The van der Waals surface area contributed by atoms with Crippen LogP contribution >= 0.6 is 11.8 Å². The topological polar surface area (TPSA) is 43.4 Å². The fourth-order valence-corrected chi connectivity index (χ4v) is 3.18. The standard InChI is InChI=1S/C14H15FO3S/c1-18-13(17)7-14(2-3-14)9-19-12-5-10(8-16)4-11(15)6-12/h4-6,8H,2-3,7,9H2,1H3. The molecule has 0 saturated heterocycles. The number of esters is 1. The summed E-state index contributed by atoms with van der Waals surface area (Å²) in [6.45, 7) is 0. The van der Waals surface area contributed by atoms with Gasteiger partial charge < -0.3 is 4.74 Å². The molecule has 0 amide bonds. The van der Waals surface area contributed by atoms with Crippen molar-refractivity contribution < 1.29 is 18.7 Å². The fraction of sp³-hybridized carbons (Fsp3) is 0.429. The highest BCUT2D eigenvalue weighted by atomic mass is 32.2. The number of ether oxygens (including phenoxy) is 1. The number of methoxy groups -OCH3 is 1. The van der Waals surface area contributed by atoms with E-state index in [-0.39, 0.29) is 11.4 Å². The third kappa shape index (κ3) is 3.80. The van der Waals surface area contributed by atoms with E-state index in [1.165, 1.54) is 31.0 Å². The van der Waals surface area contributed by atoms with Crippen LogP contribution in [0.25, 0.3) is 0 Å². The Morgan fingerprint density at radius 3 is 2.79 bits per heavy atom. The highest BCUT2D eigenvalue weighted by Gasteiger charge is 2.44. The van der Waals surface area contributed by atoms with E-state index in [0.29, 0.717) is 18.3 Å². The second kappa shape index (κ2) is 5.74. The molecular weight excluding hydrogens is 267 g/mol. The lowest BCUT2D eigenvalue weighted by atomic mass is 10.1. The molecule has 0 atom stereocenters. The van der Waals surface area contributed by atoms with Crippen molar-refractivity contribution in [3.8, 4) is 0 Å². The third-order valence-electron chi connectivity index (χ3n) is 3.28. The highest BCUT2D eigenvalue weighted by molar-refractivity contribution is 7.99. The van der Waals surface area contributed by atoms with Crippen LogP contribution in [0.3, 0.4) is 0 Å². The summed E-state index contributed by atoms with van der Waals surface area (Å²) >= 11 is 1.48. The number of carbonyl (C=O) groups is 2. The van der Waals surface area contributed by atoms with E-state index in [9.17, 15) is 14.0 Å². The summed E-state index contributed by atoms with van der Waals surface area (Å²) in [6.07, 6.45) is 3.02. The van der Waals surface area contributed by atoms with Crippen LogP contribution in [0.15, 0.2) is 23.1 Å². The molecule has 0 bridgehead atoms. The van der Waals surface area contributed by atoms with Gasteiger partial charge in [-0.3, -0.25) is 9.59 Å². The Bertz CT molecular complexity index is 497. The molecule has 1 aromatic carbocycles. The van der Waals surface area contributed by atoms with Crippen molar-refractivity contribution in [2.24, 2.45) is 5.41 Å². The first-order valence-corrected chi connectivity index (χ1v) is 7.01. The molecule has 1 saturated carbocycles. The molecule has 0 spiro atoms. The fourth-order valence-electron chi connectivity index (χ4n) is 1.90. The minimum absolute atomic E-state index is 0.00851. The first-order chi connectivity index (χ1) is 9.07. The van der Waals surface area contributed by atoms with Gasteiger partial charge in [0.2, 0.25) is 0 Å². The van der Waals surface area contributed by atoms with E-state index in [0.717, 1.165) is 23.5 Å². The second-order valence-electron chi connectivity index (χ2n) is 4.88. The molecule has 2 rings (SSSR count). The summed E-state index contributed by atoms with van der Waals surface area (Å²) in [5.41, 5.74) is 0.325. The molecule has 5 heteroatoms. The quantitative estimate of drug-likeness (QED) is 0.457. The maximum Gasteiger partial charge on any atom is 0.306 e. The molecule has 0 radical (unpaired) electrons. The van der Waals surface area contributed by atoms with Gasteiger partial charge in [-0.1, -0.05) is 0 Å². The van der Waals surface area contributed by atoms with Crippen LogP contribution in [0.2, 0.25) is 0 Å². The predicted molar refractivity (Wildman–Crippen MR) is 70.8 cm³/mol. The average Bonchev–Trinajstić information content (AvgIpc) is 3.16. The van der Waals surface area contributed by atoms with Crippen molar-refractivity contribution in [3.05, 3.63) is 29.6 Å². The van der Waals surface area contributed by atoms with Gasteiger partial charge in [-0.25, -0.2) is 4.39 Å². The number of carbonyl (C=O) groups excluding carboxylic acids is 2. The molecule has 0 N–H and O–H groups in total. The van der Waals surface area contributed by atoms with Gasteiger partial charge in [-0.05, 0) is 36.5 Å². The van der Waals surface area contributed by atoms with Crippen LogP contribution in [0, 0.1) is 11.2 Å². The number of halogens is 1. The lowest BCUT2D eigenvalue weighted by Gasteiger charge is -2.13. The molecule has 3 nitrogen and oxygen atoms in total. The van der Waals surface area contributed by atoms with Gasteiger partial charge in [0.15, 0.2) is 0 Å². The molecule has 1 aliphatic carbocycles. The summed E-state index contributed by atoms with van der Waals surface area (Å²) in [5.74, 6) is 0.125.